The number of pyridine rings is 1. The Balaban J connectivity index is 1.47. The smallest absolute Gasteiger partial charge is 0.326 e. The van der Waals surface area contributed by atoms with Crippen LogP contribution in [0.5, 0.6) is 17.2 Å². The van der Waals surface area contributed by atoms with Gasteiger partial charge in [0.15, 0.2) is 0 Å². The largest absolute Gasteiger partial charge is 0.490 e. The highest BCUT2D eigenvalue weighted by Crippen LogP contribution is 2.33. The number of urea groups is 1. The minimum absolute atomic E-state index is 0.253. The average molecular weight is 459 g/mol. The van der Waals surface area contributed by atoms with E-state index in [0.717, 1.165) is 0 Å². The minimum Gasteiger partial charge on any atom is -0.490 e. The average Bonchev–Trinajstić information content (AvgIpc) is 3.24. The van der Waals surface area contributed by atoms with Gasteiger partial charge in [-0.05, 0) is 43.3 Å². The van der Waals surface area contributed by atoms with Gasteiger partial charge in [0.05, 0.1) is 23.4 Å². The fourth-order valence-electron chi connectivity index (χ4n) is 3.11. The number of methoxy groups -OCH3 is 1. The molecule has 0 radical (unpaired) electrons. The van der Waals surface area contributed by atoms with Crippen molar-refractivity contribution >= 4 is 28.5 Å². The van der Waals surface area contributed by atoms with Crippen molar-refractivity contribution in [2.75, 3.05) is 31.0 Å². The number of carbonyl (C=O) groups excluding carboxylic acids is 1. The van der Waals surface area contributed by atoms with E-state index >= 15 is 0 Å². The van der Waals surface area contributed by atoms with E-state index in [9.17, 15) is 10.1 Å². The molecule has 2 aromatic carbocycles. The number of nitrogens with zero attached hydrogens (tertiary/aromatic N) is 3. The van der Waals surface area contributed by atoms with Crippen LogP contribution in [0, 0.1) is 18.3 Å². The van der Waals surface area contributed by atoms with Crippen molar-refractivity contribution in [3.8, 4) is 23.3 Å². The molecule has 4 rings (SSSR count). The highest BCUT2D eigenvalue weighted by atomic mass is 16.5. The van der Waals surface area contributed by atoms with Gasteiger partial charge in [-0.25, -0.2) is 4.79 Å². The Morgan fingerprint density at radius 3 is 2.62 bits per heavy atom. The summed E-state index contributed by atoms with van der Waals surface area (Å²) in [6.07, 6.45) is 1.62. The van der Waals surface area contributed by atoms with Gasteiger partial charge >= 0.3 is 6.03 Å². The molecule has 0 aliphatic carbocycles. The first-order valence-corrected chi connectivity index (χ1v) is 10.3. The lowest BCUT2D eigenvalue weighted by atomic mass is 10.1. The Morgan fingerprint density at radius 2 is 1.91 bits per heavy atom. The van der Waals surface area contributed by atoms with Crippen molar-refractivity contribution in [3.05, 3.63) is 66.0 Å². The number of aromatic nitrogens is 2. The molecule has 172 valence electrons. The van der Waals surface area contributed by atoms with Crippen LogP contribution in [0.15, 0.2) is 59.3 Å². The lowest BCUT2D eigenvalue weighted by molar-refractivity contribution is 0.146. The second-order valence-electron chi connectivity index (χ2n) is 7.17. The summed E-state index contributed by atoms with van der Waals surface area (Å²) in [7, 11) is 1.58. The summed E-state index contributed by atoms with van der Waals surface area (Å²) in [4.78, 5) is 16.5. The molecule has 4 aromatic rings. The van der Waals surface area contributed by atoms with E-state index in [2.05, 4.69) is 26.8 Å². The quantitative estimate of drug-likeness (QED) is 0.357. The first-order valence-electron chi connectivity index (χ1n) is 10.3. The van der Waals surface area contributed by atoms with E-state index in [-0.39, 0.29) is 5.88 Å². The third kappa shape index (κ3) is 5.40. The molecule has 0 saturated carbocycles. The number of amides is 2. The van der Waals surface area contributed by atoms with Crippen LogP contribution in [-0.4, -0.2) is 36.5 Å². The highest BCUT2D eigenvalue weighted by Gasteiger charge is 2.12. The van der Waals surface area contributed by atoms with Crippen LogP contribution in [-0.2, 0) is 4.74 Å². The van der Waals surface area contributed by atoms with Crippen molar-refractivity contribution in [3.63, 3.8) is 0 Å². The standard InChI is InChI=1S/C24H21N5O5/c1-15-11-23(34-29-15)28-24(30)27-17-3-5-18(6-4-17)33-21-7-8-26-20-13-22(32-10-9-31-2)16(14-25)12-19(20)21/h3-8,11-13H,9-10H2,1-2H3,(H2,27,28,30). The number of carbonyl (C=O) groups is 1. The predicted octanol–water partition coefficient (Wildman–Crippen LogP) is 4.86. The van der Waals surface area contributed by atoms with Gasteiger partial charge in [-0.2, -0.15) is 5.26 Å². The summed E-state index contributed by atoms with van der Waals surface area (Å²) in [5.41, 5.74) is 2.22. The molecule has 2 aromatic heterocycles. The fourth-order valence-corrected chi connectivity index (χ4v) is 3.11. The molecule has 0 aliphatic rings. The number of rotatable bonds is 8. The maximum atomic E-state index is 12.1. The number of nitrogens with one attached hydrogen (secondary N) is 2. The number of hydrogen-bond acceptors (Lipinski definition) is 8. The van der Waals surface area contributed by atoms with Gasteiger partial charge in [0.25, 0.3) is 0 Å². The number of aryl methyl sites for hydroxylation is 1. The van der Waals surface area contributed by atoms with Crippen molar-refractivity contribution in [2.24, 2.45) is 0 Å². The van der Waals surface area contributed by atoms with Crippen LogP contribution in [0.3, 0.4) is 0 Å². The van der Waals surface area contributed by atoms with Gasteiger partial charge < -0.3 is 24.1 Å². The number of hydrogen-bond donors (Lipinski definition) is 2. The zero-order valence-electron chi connectivity index (χ0n) is 18.5. The molecular weight excluding hydrogens is 438 g/mol. The molecule has 0 spiro atoms. The van der Waals surface area contributed by atoms with E-state index in [1.54, 1.807) is 68.8 Å². The highest BCUT2D eigenvalue weighted by molar-refractivity contribution is 5.98. The molecule has 10 nitrogen and oxygen atoms in total. The Labute approximate surface area is 195 Å². The van der Waals surface area contributed by atoms with E-state index < -0.39 is 6.03 Å². The fraction of sp³-hybridized carbons (Fsp3) is 0.167. The Kier molecular flexibility index (Phi) is 6.86. The van der Waals surface area contributed by atoms with Crippen molar-refractivity contribution in [1.29, 1.82) is 5.26 Å². The molecule has 0 bridgehead atoms. The zero-order valence-corrected chi connectivity index (χ0v) is 18.5. The number of nitriles is 1. The molecule has 0 aliphatic heterocycles. The lowest BCUT2D eigenvalue weighted by Crippen LogP contribution is -2.18. The van der Waals surface area contributed by atoms with Gasteiger partial charge in [0.2, 0.25) is 5.88 Å². The van der Waals surface area contributed by atoms with E-state index in [1.807, 2.05) is 0 Å². The monoisotopic (exact) mass is 459 g/mol. The van der Waals surface area contributed by atoms with Gasteiger partial charge in [-0.3, -0.25) is 10.3 Å². The molecule has 2 N–H and O–H groups in total. The van der Waals surface area contributed by atoms with Crippen LogP contribution in [0.25, 0.3) is 10.9 Å². The number of fused-ring (bicyclic) bond motifs is 1. The van der Waals surface area contributed by atoms with E-state index in [0.29, 0.717) is 58.3 Å². The van der Waals surface area contributed by atoms with E-state index in [1.165, 1.54) is 0 Å². The normalized spacial score (nSPS) is 10.5. The summed E-state index contributed by atoms with van der Waals surface area (Å²) in [5, 5.41) is 19.2. The molecule has 2 amide bonds. The molecule has 2 heterocycles. The third-order valence-electron chi connectivity index (χ3n) is 4.67. The molecular formula is C24H21N5O5. The van der Waals surface area contributed by atoms with E-state index in [4.69, 9.17) is 18.7 Å². The van der Waals surface area contributed by atoms with Crippen LogP contribution < -0.4 is 20.1 Å². The summed E-state index contributed by atoms with van der Waals surface area (Å²) in [6.45, 7) is 2.49. The first-order chi connectivity index (χ1) is 16.6. The Hall–Kier alpha value is -4.62. The summed E-state index contributed by atoms with van der Waals surface area (Å²) in [5.74, 6) is 1.77. The van der Waals surface area contributed by atoms with Crippen LogP contribution in [0.2, 0.25) is 0 Å². The van der Waals surface area contributed by atoms with Gasteiger partial charge in [0.1, 0.15) is 29.9 Å². The maximum Gasteiger partial charge on any atom is 0.326 e. The van der Waals surface area contributed by atoms with Crippen LogP contribution >= 0.6 is 0 Å². The van der Waals surface area contributed by atoms with Crippen molar-refractivity contribution in [1.82, 2.24) is 10.1 Å². The molecule has 10 heteroatoms. The second-order valence-corrected chi connectivity index (χ2v) is 7.17. The molecule has 0 saturated heterocycles. The summed E-state index contributed by atoms with van der Waals surface area (Å²) < 4.78 is 21.6. The predicted molar refractivity (Wildman–Crippen MR) is 124 cm³/mol. The second kappa shape index (κ2) is 10.3. The molecule has 0 unspecified atom stereocenters. The van der Waals surface area contributed by atoms with Crippen LogP contribution in [0.1, 0.15) is 11.3 Å². The van der Waals surface area contributed by atoms with Crippen LogP contribution in [0.4, 0.5) is 16.4 Å². The van der Waals surface area contributed by atoms with Gasteiger partial charge in [0, 0.05) is 36.5 Å². The van der Waals surface area contributed by atoms with Gasteiger partial charge in [-0.1, -0.05) is 5.16 Å². The Bertz CT molecular complexity index is 1340. The van der Waals surface area contributed by atoms with Crippen molar-refractivity contribution < 1.29 is 23.5 Å². The zero-order chi connectivity index (χ0) is 23.9. The van der Waals surface area contributed by atoms with Crippen molar-refractivity contribution in [2.45, 2.75) is 6.92 Å². The van der Waals surface area contributed by atoms with Gasteiger partial charge in [-0.15, -0.1) is 0 Å². The Morgan fingerprint density at radius 1 is 1.09 bits per heavy atom. The topological polar surface area (TPSA) is 132 Å². The molecule has 0 atom stereocenters. The minimum atomic E-state index is -0.461. The maximum absolute atomic E-state index is 12.1. The summed E-state index contributed by atoms with van der Waals surface area (Å²) >= 11 is 0. The molecule has 34 heavy (non-hydrogen) atoms. The third-order valence-corrected chi connectivity index (χ3v) is 4.67. The SMILES string of the molecule is COCCOc1cc2nccc(Oc3ccc(NC(=O)Nc4cc(C)no4)cc3)c2cc1C#N. The lowest BCUT2D eigenvalue weighted by Gasteiger charge is -2.12. The molecule has 0 fully saturated rings. The number of benzene rings is 2. The number of ether oxygens (including phenoxy) is 3. The first kappa shape index (κ1) is 22.6. The summed E-state index contributed by atoms with van der Waals surface area (Å²) in [6, 6.07) is 15.2. The number of anilines is 2.